The fraction of sp³-hybridized carbons (Fsp3) is 0.267. The minimum Gasteiger partial charge on any atom is -0.465 e. The normalized spacial score (nSPS) is 17.2. The third-order valence-corrected chi connectivity index (χ3v) is 3.76. The van der Waals surface area contributed by atoms with Gasteiger partial charge in [0.2, 0.25) is 0 Å². The van der Waals surface area contributed by atoms with Gasteiger partial charge in [0.1, 0.15) is 5.92 Å². The highest BCUT2D eigenvalue weighted by Crippen LogP contribution is 2.36. The van der Waals surface area contributed by atoms with Gasteiger partial charge in [-0.3, -0.25) is 14.6 Å². The molecule has 21 heavy (non-hydrogen) atoms. The van der Waals surface area contributed by atoms with Gasteiger partial charge in [0.25, 0.3) is 0 Å². The first-order valence-corrected chi connectivity index (χ1v) is 7.03. The molecule has 1 aromatic heterocycles. The molecular formula is C15H13ClN2O3. The number of ether oxygens (including phenoxy) is 1. The van der Waals surface area contributed by atoms with E-state index in [-0.39, 0.29) is 18.9 Å². The van der Waals surface area contributed by atoms with Crippen molar-refractivity contribution in [1.29, 1.82) is 0 Å². The Bertz CT molecular complexity index is 745. The second-order valence-corrected chi connectivity index (χ2v) is 5.14. The summed E-state index contributed by atoms with van der Waals surface area (Å²) in [5.74, 6) is -1.71. The lowest BCUT2D eigenvalue weighted by molar-refractivity contribution is -0.145. The van der Waals surface area contributed by atoms with E-state index in [1.807, 2.05) is 6.07 Å². The van der Waals surface area contributed by atoms with E-state index in [1.54, 1.807) is 25.3 Å². The predicted molar refractivity (Wildman–Crippen MR) is 79.7 cm³/mol. The Morgan fingerprint density at radius 2 is 2.38 bits per heavy atom. The molecule has 0 fully saturated rings. The first-order chi connectivity index (χ1) is 10.1. The Hall–Kier alpha value is -2.14. The van der Waals surface area contributed by atoms with Crippen molar-refractivity contribution in [1.82, 2.24) is 4.98 Å². The van der Waals surface area contributed by atoms with E-state index in [9.17, 15) is 9.59 Å². The molecule has 0 amide bonds. The van der Waals surface area contributed by atoms with Crippen LogP contribution >= 0.6 is 11.6 Å². The lowest BCUT2D eigenvalue weighted by Gasteiger charge is -2.25. The van der Waals surface area contributed by atoms with Gasteiger partial charge in [0, 0.05) is 18.1 Å². The third kappa shape index (κ3) is 2.23. The van der Waals surface area contributed by atoms with Crippen LogP contribution in [0.3, 0.4) is 0 Å². The molecule has 2 aromatic rings. The van der Waals surface area contributed by atoms with Crippen LogP contribution in [-0.4, -0.2) is 29.9 Å². The molecule has 1 aliphatic heterocycles. The summed E-state index contributed by atoms with van der Waals surface area (Å²) in [5.41, 5.74) is 1.57. The molecule has 5 nitrogen and oxygen atoms in total. The number of fused-ring (bicyclic) bond motifs is 3. The zero-order chi connectivity index (χ0) is 15.0. The highest BCUT2D eigenvalue weighted by Gasteiger charge is 2.36. The Balaban J connectivity index is 2.12. The average molecular weight is 305 g/mol. The van der Waals surface area contributed by atoms with Crippen LogP contribution < -0.4 is 5.32 Å². The summed E-state index contributed by atoms with van der Waals surface area (Å²) < 4.78 is 4.94. The lowest BCUT2D eigenvalue weighted by atomic mass is 9.91. The Morgan fingerprint density at radius 1 is 1.57 bits per heavy atom. The maximum Gasteiger partial charge on any atom is 0.318 e. The third-order valence-electron chi connectivity index (χ3n) is 3.46. The number of hydrogen-bond acceptors (Lipinski definition) is 5. The van der Waals surface area contributed by atoms with Gasteiger partial charge in [-0.05, 0) is 19.1 Å². The molecule has 1 aromatic carbocycles. The minimum atomic E-state index is -0.865. The number of pyridine rings is 1. The van der Waals surface area contributed by atoms with Crippen LogP contribution in [0.15, 0.2) is 24.4 Å². The van der Waals surface area contributed by atoms with Crippen LogP contribution in [0.2, 0.25) is 5.02 Å². The van der Waals surface area contributed by atoms with Crippen molar-refractivity contribution in [3.05, 3.63) is 35.0 Å². The van der Waals surface area contributed by atoms with Gasteiger partial charge in [-0.25, -0.2) is 0 Å². The number of esters is 1. The summed E-state index contributed by atoms with van der Waals surface area (Å²) in [5, 5.41) is 4.26. The largest absolute Gasteiger partial charge is 0.465 e. The molecule has 1 N–H and O–H groups in total. The van der Waals surface area contributed by atoms with Gasteiger partial charge in [-0.2, -0.15) is 0 Å². The number of hydrogen-bond donors (Lipinski definition) is 1. The maximum atomic E-state index is 12.5. The van der Waals surface area contributed by atoms with Crippen molar-refractivity contribution >= 4 is 39.9 Å². The fourth-order valence-electron chi connectivity index (χ4n) is 2.51. The molecule has 0 saturated carbocycles. The average Bonchev–Trinajstić information content (AvgIpc) is 2.47. The number of benzene rings is 1. The highest BCUT2D eigenvalue weighted by molar-refractivity contribution is 6.37. The second kappa shape index (κ2) is 5.33. The fourth-order valence-corrected chi connectivity index (χ4v) is 2.81. The molecule has 0 aliphatic carbocycles. The second-order valence-electron chi connectivity index (χ2n) is 4.73. The van der Waals surface area contributed by atoms with E-state index in [0.29, 0.717) is 21.8 Å². The Labute approximate surface area is 126 Å². The number of Topliss-reactive ketones (excluding diaryl/α,β-unsaturated/α-hetero) is 1. The van der Waals surface area contributed by atoms with Gasteiger partial charge in [0.15, 0.2) is 5.78 Å². The lowest BCUT2D eigenvalue weighted by Crippen LogP contribution is -2.37. The number of rotatable bonds is 2. The van der Waals surface area contributed by atoms with E-state index in [2.05, 4.69) is 10.3 Å². The number of nitrogens with zero attached hydrogens (tertiary/aromatic N) is 1. The summed E-state index contributed by atoms with van der Waals surface area (Å²) >= 11 is 6.22. The van der Waals surface area contributed by atoms with Gasteiger partial charge < -0.3 is 10.1 Å². The number of aromatic nitrogens is 1. The molecule has 1 aliphatic rings. The molecule has 0 bridgehead atoms. The molecule has 0 saturated heterocycles. The quantitative estimate of drug-likeness (QED) is 0.682. The van der Waals surface area contributed by atoms with E-state index >= 15 is 0 Å². The van der Waals surface area contributed by atoms with Gasteiger partial charge in [-0.15, -0.1) is 0 Å². The monoisotopic (exact) mass is 304 g/mol. The van der Waals surface area contributed by atoms with Gasteiger partial charge in [-0.1, -0.05) is 17.7 Å². The van der Waals surface area contributed by atoms with Crippen LogP contribution in [0.5, 0.6) is 0 Å². The SMILES string of the molecule is CCOC(=O)C1CNc2c(c(Cl)cc3cccnc23)C1=O. The van der Waals surface area contributed by atoms with Gasteiger partial charge in [0.05, 0.1) is 28.4 Å². The van der Waals surface area contributed by atoms with Crippen molar-refractivity contribution in [2.75, 3.05) is 18.5 Å². The van der Waals surface area contributed by atoms with Crippen molar-refractivity contribution in [2.45, 2.75) is 6.92 Å². The number of anilines is 1. The van der Waals surface area contributed by atoms with Gasteiger partial charge >= 0.3 is 5.97 Å². The number of ketones is 1. The first kappa shape index (κ1) is 13.8. The number of halogens is 1. The zero-order valence-electron chi connectivity index (χ0n) is 11.4. The van der Waals surface area contributed by atoms with Crippen LogP contribution in [0, 0.1) is 5.92 Å². The summed E-state index contributed by atoms with van der Waals surface area (Å²) in [6, 6.07) is 5.37. The van der Waals surface area contributed by atoms with Crippen molar-refractivity contribution in [3.63, 3.8) is 0 Å². The number of carbonyl (C=O) groups excluding carboxylic acids is 2. The summed E-state index contributed by atoms with van der Waals surface area (Å²) in [6.07, 6.45) is 1.65. The van der Waals surface area contributed by atoms with Crippen molar-refractivity contribution in [3.8, 4) is 0 Å². The Kier molecular flexibility index (Phi) is 3.51. The van der Waals surface area contributed by atoms with E-state index in [1.165, 1.54) is 0 Å². The van der Waals surface area contributed by atoms with Crippen LogP contribution in [-0.2, 0) is 9.53 Å². The molecular weight excluding hydrogens is 292 g/mol. The topological polar surface area (TPSA) is 68.3 Å². The summed E-state index contributed by atoms with van der Waals surface area (Å²) in [6.45, 7) is 2.14. The minimum absolute atomic E-state index is 0.191. The molecule has 2 heterocycles. The number of nitrogens with one attached hydrogen (secondary N) is 1. The number of carbonyl (C=O) groups is 2. The van der Waals surface area contributed by atoms with Crippen molar-refractivity contribution in [2.24, 2.45) is 5.92 Å². The summed E-state index contributed by atoms with van der Waals surface area (Å²) in [4.78, 5) is 28.7. The molecule has 108 valence electrons. The predicted octanol–water partition coefficient (Wildman–Crippen LogP) is 2.68. The van der Waals surface area contributed by atoms with E-state index in [4.69, 9.17) is 16.3 Å². The van der Waals surface area contributed by atoms with E-state index in [0.717, 1.165) is 5.39 Å². The molecule has 0 radical (unpaired) electrons. The molecule has 0 spiro atoms. The Morgan fingerprint density at radius 3 is 3.14 bits per heavy atom. The molecule has 6 heteroatoms. The van der Waals surface area contributed by atoms with Crippen LogP contribution in [0.4, 0.5) is 5.69 Å². The smallest absolute Gasteiger partial charge is 0.318 e. The summed E-state index contributed by atoms with van der Waals surface area (Å²) in [7, 11) is 0. The molecule has 1 atom stereocenters. The molecule has 3 rings (SSSR count). The first-order valence-electron chi connectivity index (χ1n) is 6.65. The standard InChI is InChI=1S/C15H13ClN2O3/c1-2-21-15(20)9-7-18-13-11(14(9)19)10(16)6-8-4-3-5-17-12(8)13/h3-6,9,18H,2,7H2,1H3. The van der Waals surface area contributed by atoms with E-state index < -0.39 is 11.9 Å². The maximum absolute atomic E-state index is 12.5. The van der Waals surface area contributed by atoms with Crippen LogP contribution in [0.25, 0.3) is 10.9 Å². The zero-order valence-corrected chi connectivity index (χ0v) is 12.1. The van der Waals surface area contributed by atoms with Crippen molar-refractivity contribution < 1.29 is 14.3 Å². The molecule has 1 unspecified atom stereocenters. The van der Waals surface area contributed by atoms with Crippen LogP contribution in [0.1, 0.15) is 17.3 Å². The highest BCUT2D eigenvalue weighted by atomic mass is 35.5.